The first kappa shape index (κ1) is 17.0. The van der Waals surface area contributed by atoms with Crippen molar-refractivity contribution in [1.82, 2.24) is 9.78 Å². The lowest BCUT2D eigenvalue weighted by atomic mass is 10.1. The fourth-order valence-electron chi connectivity index (χ4n) is 3.20. The number of hydrogen-bond acceptors (Lipinski definition) is 4. The molecule has 3 heterocycles. The number of methoxy groups -OCH3 is 1. The van der Waals surface area contributed by atoms with Crippen molar-refractivity contribution in [1.29, 1.82) is 0 Å². The molecule has 138 valence electrons. The molecule has 8 heteroatoms. The Kier molecular flexibility index (Phi) is 4.14. The van der Waals surface area contributed by atoms with Gasteiger partial charge in [-0.1, -0.05) is 12.2 Å². The summed E-state index contributed by atoms with van der Waals surface area (Å²) >= 11 is 0. The van der Waals surface area contributed by atoms with Gasteiger partial charge in [0.2, 0.25) is 0 Å². The van der Waals surface area contributed by atoms with E-state index in [1.165, 1.54) is 18.1 Å². The molecule has 0 unspecified atom stereocenters. The maximum absolute atomic E-state index is 13.4. The Hall–Kier alpha value is -2.48. The van der Waals surface area contributed by atoms with Crippen molar-refractivity contribution in [2.75, 3.05) is 31.8 Å². The maximum atomic E-state index is 13.4. The number of rotatable bonds is 4. The van der Waals surface area contributed by atoms with E-state index in [-0.39, 0.29) is 6.54 Å². The van der Waals surface area contributed by atoms with E-state index in [1.807, 2.05) is 10.9 Å². The zero-order valence-corrected chi connectivity index (χ0v) is 14.2. The van der Waals surface area contributed by atoms with Crippen LogP contribution in [-0.2, 0) is 11.3 Å². The van der Waals surface area contributed by atoms with Crippen LogP contribution in [0.5, 0.6) is 5.75 Å². The summed E-state index contributed by atoms with van der Waals surface area (Å²) in [6, 6.07) is 3.39. The van der Waals surface area contributed by atoms with E-state index in [4.69, 9.17) is 9.47 Å². The number of anilines is 1. The summed E-state index contributed by atoms with van der Waals surface area (Å²) in [6.45, 7) is 2.28. The zero-order chi connectivity index (χ0) is 18.3. The van der Waals surface area contributed by atoms with Gasteiger partial charge in [0.15, 0.2) is 0 Å². The molecular formula is C18H18F3N3O2. The summed E-state index contributed by atoms with van der Waals surface area (Å²) in [4.78, 5) is 1.22. The van der Waals surface area contributed by atoms with Crippen molar-refractivity contribution in [3.05, 3.63) is 42.3 Å². The molecule has 0 bridgehead atoms. The highest BCUT2D eigenvalue weighted by atomic mass is 19.4. The van der Waals surface area contributed by atoms with Gasteiger partial charge in [-0.05, 0) is 12.1 Å². The van der Waals surface area contributed by atoms with Crippen molar-refractivity contribution in [3.63, 3.8) is 0 Å². The standard InChI is InChI=1S/C18H18F3N3O2/c1-25-16-7-14-13(9-23(22-14)8-12-10-26-11-12)6-15(16)24-5-3-2-4-17(24)18(19,20)21/h2-4,6-7,9,12H,5,8,10-11H2,1H3. The van der Waals surface area contributed by atoms with Crippen LogP contribution in [0, 0.1) is 5.92 Å². The quantitative estimate of drug-likeness (QED) is 0.831. The summed E-state index contributed by atoms with van der Waals surface area (Å²) in [5.74, 6) is 0.790. The molecule has 0 spiro atoms. The molecule has 2 aliphatic rings. The number of nitrogens with zero attached hydrogens (tertiary/aromatic N) is 3. The van der Waals surface area contributed by atoms with Gasteiger partial charge in [-0.25, -0.2) is 0 Å². The molecule has 26 heavy (non-hydrogen) atoms. The average Bonchev–Trinajstić information content (AvgIpc) is 2.97. The lowest BCUT2D eigenvalue weighted by Crippen LogP contribution is -2.33. The number of benzene rings is 1. The fourth-order valence-corrected chi connectivity index (χ4v) is 3.20. The Balaban J connectivity index is 1.73. The zero-order valence-electron chi connectivity index (χ0n) is 14.2. The summed E-state index contributed by atoms with van der Waals surface area (Å²) < 4.78 is 52.6. The maximum Gasteiger partial charge on any atom is 0.431 e. The Morgan fingerprint density at radius 2 is 2.12 bits per heavy atom. The number of ether oxygens (including phenoxy) is 2. The fraction of sp³-hybridized carbons (Fsp3) is 0.389. The predicted molar refractivity (Wildman–Crippen MR) is 91.2 cm³/mol. The van der Waals surface area contributed by atoms with Gasteiger partial charge in [0.1, 0.15) is 11.4 Å². The summed E-state index contributed by atoms with van der Waals surface area (Å²) in [5.41, 5.74) is 0.354. The Morgan fingerprint density at radius 3 is 2.77 bits per heavy atom. The highest BCUT2D eigenvalue weighted by Crippen LogP contribution is 2.40. The van der Waals surface area contributed by atoms with Gasteiger partial charge in [-0.15, -0.1) is 0 Å². The number of halogens is 3. The Morgan fingerprint density at radius 1 is 1.31 bits per heavy atom. The van der Waals surface area contributed by atoms with E-state index < -0.39 is 11.9 Å². The largest absolute Gasteiger partial charge is 0.494 e. The second kappa shape index (κ2) is 6.35. The molecule has 2 aromatic rings. The van der Waals surface area contributed by atoms with Crippen molar-refractivity contribution in [3.8, 4) is 5.75 Å². The number of fused-ring (bicyclic) bond motifs is 1. The highest BCUT2D eigenvalue weighted by molar-refractivity contribution is 5.86. The number of aromatic nitrogens is 2. The lowest BCUT2D eigenvalue weighted by molar-refractivity contribution is -0.0933. The summed E-state index contributed by atoms with van der Waals surface area (Å²) in [6.07, 6.45) is 1.58. The van der Waals surface area contributed by atoms with E-state index in [0.717, 1.165) is 18.0 Å². The third-order valence-electron chi connectivity index (χ3n) is 4.56. The minimum Gasteiger partial charge on any atom is -0.494 e. The molecule has 1 aromatic heterocycles. The SMILES string of the molecule is COc1cc2nn(CC3COC3)cc2cc1N1CC=CC=C1C(F)(F)F. The molecule has 0 aliphatic carbocycles. The molecule has 0 radical (unpaired) electrons. The van der Waals surface area contributed by atoms with Crippen LogP contribution in [0.4, 0.5) is 18.9 Å². The van der Waals surface area contributed by atoms with Gasteiger partial charge in [0.25, 0.3) is 0 Å². The molecule has 1 saturated heterocycles. The van der Waals surface area contributed by atoms with E-state index in [0.29, 0.717) is 36.1 Å². The number of allylic oxidation sites excluding steroid dienone is 3. The first-order chi connectivity index (χ1) is 12.5. The van der Waals surface area contributed by atoms with Gasteiger partial charge in [-0.2, -0.15) is 18.3 Å². The molecule has 4 rings (SSSR count). The molecule has 0 atom stereocenters. The predicted octanol–water partition coefficient (Wildman–Crippen LogP) is 3.51. The van der Waals surface area contributed by atoms with Crippen molar-refractivity contribution < 1.29 is 22.6 Å². The van der Waals surface area contributed by atoms with Gasteiger partial charge in [-0.3, -0.25) is 4.68 Å². The summed E-state index contributed by atoms with van der Waals surface area (Å²) in [5, 5.41) is 5.28. The molecular weight excluding hydrogens is 347 g/mol. The first-order valence-electron chi connectivity index (χ1n) is 8.30. The smallest absolute Gasteiger partial charge is 0.431 e. The molecule has 1 aromatic carbocycles. The molecule has 1 fully saturated rings. The number of alkyl halides is 3. The van der Waals surface area contributed by atoms with Crippen molar-refractivity contribution in [2.24, 2.45) is 5.92 Å². The van der Waals surface area contributed by atoms with Gasteiger partial charge >= 0.3 is 6.18 Å². The van der Waals surface area contributed by atoms with Crippen molar-refractivity contribution in [2.45, 2.75) is 12.7 Å². The normalized spacial score (nSPS) is 18.2. The van der Waals surface area contributed by atoms with Crippen molar-refractivity contribution >= 4 is 16.6 Å². The van der Waals surface area contributed by atoms with Crippen LogP contribution < -0.4 is 9.64 Å². The minimum atomic E-state index is -4.45. The second-order valence-electron chi connectivity index (χ2n) is 6.43. The molecule has 5 nitrogen and oxygen atoms in total. The van der Waals surface area contributed by atoms with E-state index in [9.17, 15) is 13.2 Å². The highest BCUT2D eigenvalue weighted by Gasteiger charge is 2.39. The lowest BCUT2D eigenvalue weighted by Gasteiger charge is -2.30. The summed E-state index contributed by atoms with van der Waals surface area (Å²) in [7, 11) is 1.45. The van der Waals surface area contributed by atoms with Crippen LogP contribution >= 0.6 is 0 Å². The third kappa shape index (κ3) is 3.05. The number of hydrogen-bond donors (Lipinski definition) is 0. The molecule has 0 amide bonds. The second-order valence-corrected chi connectivity index (χ2v) is 6.43. The topological polar surface area (TPSA) is 39.5 Å². The van der Waals surface area contributed by atoms with Crippen LogP contribution in [0.15, 0.2) is 42.3 Å². The Bertz CT molecular complexity index is 882. The van der Waals surface area contributed by atoms with Crippen LogP contribution in [0.25, 0.3) is 10.9 Å². The molecule has 0 N–H and O–H groups in total. The van der Waals surface area contributed by atoms with Crippen LogP contribution in [-0.4, -0.2) is 42.8 Å². The van der Waals surface area contributed by atoms with Crippen LogP contribution in [0.3, 0.4) is 0 Å². The average molecular weight is 365 g/mol. The Labute approximate surface area is 148 Å². The third-order valence-corrected chi connectivity index (χ3v) is 4.56. The molecule has 2 aliphatic heterocycles. The van der Waals surface area contributed by atoms with E-state index in [1.54, 1.807) is 18.2 Å². The van der Waals surface area contributed by atoms with Gasteiger partial charge in [0.05, 0.1) is 31.5 Å². The van der Waals surface area contributed by atoms with Gasteiger partial charge in [0, 0.05) is 36.7 Å². The van der Waals surface area contributed by atoms with E-state index >= 15 is 0 Å². The van der Waals surface area contributed by atoms with Crippen LogP contribution in [0.1, 0.15) is 0 Å². The minimum absolute atomic E-state index is 0.126. The first-order valence-corrected chi connectivity index (χ1v) is 8.30. The van der Waals surface area contributed by atoms with E-state index in [2.05, 4.69) is 5.10 Å². The van der Waals surface area contributed by atoms with Crippen LogP contribution in [0.2, 0.25) is 0 Å². The van der Waals surface area contributed by atoms with Gasteiger partial charge < -0.3 is 14.4 Å². The monoisotopic (exact) mass is 365 g/mol. The molecule has 0 saturated carbocycles.